The molecular formula is C28H40O2. The van der Waals surface area contributed by atoms with E-state index in [9.17, 15) is 9.90 Å². The molecule has 0 aromatic heterocycles. The highest BCUT2D eigenvalue weighted by molar-refractivity contribution is 6.10. The minimum Gasteiger partial charge on any atom is -0.393 e. The quantitative estimate of drug-likeness (QED) is 0.534. The summed E-state index contributed by atoms with van der Waals surface area (Å²) in [6, 6.07) is 0. The molecule has 0 aromatic carbocycles. The van der Waals surface area contributed by atoms with Crippen LogP contribution in [0.4, 0.5) is 0 Å². The van der Waals surface area contributed by atoms with E-state index in [0.717, 1.165) is 37.7 Å². The molecule has 0 amide bonds. The molecule has 2 nitrogen and oxygen atoms in total. The van der Waals surface area contributed by atoms with E-state index in [1.165, 1.54) is 16.7 Å². The average Bonchev–Trinajstić information content (AvgIpc) is 3.04. The largest absolute Gasteiger partial charge is 0.393 e. The van der Waals surface area contributed by atoms with Gasteiger partial charge in [0, 0.05) is 11.0 Å². The number of hydrogen-bond acceptors (Lipinski definition) is 2. The third-order valence-corrected chi connectivity index (χ3v) is 9.24. The maximum Gasteiger partial charge on any atom is 0.186 e. The minimum absolute atomic E-state index is 0.0268. The van der Waals surface area contributed by atoms with Crippen LogP contribution < -0.4 is 0 Å². The van der Waals surface area contributed by atoms with E-state index in [2.05, 4.69) is 59.8 Å². The van der Waals surface area contributed by atoms with Gasteiger partial charge in [0.1, 0.15) is 0 Å². The average molecular weight is 409 g/mol. The summed E-state index contributed by atoms with van der Waals surface area (Å²) in [5.74, 6) is 2.54. The summed E-state index contributed by atoms with van der Waals surface area (Å²) in [5, 5.41) is 10.2. The second-order valence-corrected chi connectivity index (χ2v) is 11.3. The third kappa shape index (κ3) is 3.30. The maximum absolute atomic E-state index is 13.3. The zero-order valence-corrected chi connectivity index (χ0v) is 19.8. The van der Waals surface area contributed by atoms with E-state index in [4.69, 9.17) is 0 Å². The molecule has 164 valence electrons. The number of aliphatic hydroxyl groups is 1. The Morgan fingerprint density at radius 1 is 1.13 bits per heavy atom. The Bertz CT molecular complexity index is 854. The molecule has 0 bridgehead atoms. The Hall–Kier alpha value is -1.41. The molecule has 0 aromatic rings. The first-order chi connectivity index (χ1) is 14.1. The van der Waals surface area contributed by atoms with Crippen LogP contribution in [0.25, 0.3) is 0 Å². The smallest absolute Gasteiger partial charge is 0.186 e. The van der Waals surface area contributed by atoms with Gasteiger partial charge in [0.2, 0.25) is 0 Å². The predicted octanol–water partition coefficient (Wildman–Crippen LogP) is 6.57. The van der Waals surface area contributed by atoms with Crippen molar-refractivity contribution < 1.29 is 9.90 Å². The van der Waals surface area contributed by atoms with Crippen molar-refractivity contribution in [2.24, 2.45) is 34.5 Å². The van der Waals surface area contributed by atoms with Crippen LogP contribution in [0.2, 0.25) is 0 Å². The van der Waals surface area contributed by atoms with Gasteiger partial charge in [-0.1, -0.05) is 65.3 Å². The van der Waals surface area contributed by atoms with E-state index >= 15 is 0 Å². The molecule has 30 heavy (non-hydrogen) atoms. The Kier molecular flexibility index (Phi) is 5.54. The first kappa shape index (κ1) is 21.8. The van der Waals surface area contributed by atoms with Crippen molar-refractivity contribution >= 4 is 5.78 Å². The van der Waals surface area contributed by atoms with Crippen molar-refractivity contribution in [1.29, 1.82) is 0 Å². The molecule has 0 heterocycles. The van der Waals surface area contributed by atoms with Gasteiger partial charge in [-0.25, -0.2) is 0 Å². The van der Waals surface area contributed by atoms with Crippen LogP contribution in [-0.4, -0.2) is 17.0 Å². The van der Waals surface area contributed by atoms with Crippen LogP contribution in [0.3, 0.4) is 0 Å². The summed E-state index contributed by atoms with van der Waals surface area (Å²) in [7, 11) is 0. The summed E-state index contributed by atoms with van der Waals surface area (Å²) in [5.41, 5.74) is 4.98. The molecule has 1 N–H and O–H groups in total. The highest BCUT2D eigenvalue weighted by Gasteiger charge is 2.52. The van der Waals surface area contributed by atoms with Gasteiger partial charge in [0.25, 0.3) is 0 Å². The van der Waals surface area contributed by atoms with Gasteiger partial charge in [-0.15, -0.1) is 0 Å². The van der Waals surface area contributed by atoms with Gasteiger partial charge < -0.3 is 5.11 Å². The SMILES string of the molecule is CC(C)[C@@H](C)C=C[C@@H](C)[C@H]1CC=C2C3=C(CC[C@@]21C)[C@@]1(C)CC[C@H](O)CC1=CC3=O. The summed E-state index contributed by atoms with van der Waals surface area (Å²) in [6.07, 6.45) is 14.5. The molecule has 4 aliphatic rings. The number of carbonyl (C=O) groups is 1. The van der Waals surface area contributed by atoms with Crippen LogP contribution in [0, 0.1) is 34.5 Å². The summed E-state index contributed by atoms with van der Waals surface area (Å²) >= 11 is 0. The zero-order chi connectivity index (χ0) is 21.8. The number of carbonyl (C=O) groups excluding carboxylic acids is 1. The van der Waals surface area contributed by atoms with Gasteiger partial charge >= 0.3 is 0 Å². The number of hydrogen-bond donors (Lipinski definition) is 1. The van der Waals surface area contributed by atoms with Gasteiger partial charge in [-0.3, -0.25) is 4.79 Å². The summed E-state index contributed by atoms with van der Waals surface area (Å²) in [4.78, 5) is 13.3. The molecule has 4 rings (SSSR count). The van der Waals surface area contributed by atoms with E-state index in [1.54, 1.807) is 0 Å². The molecular weight excluding hydrogens is 368 g/mol. The fraction of sp³-hybridized carbons (Fsp3) is 0.679. The summed E-state index contributed by atoms with van der Waals surface area (Å²) < 4.78 is 0. The molecule has 0 unspecified atom stereocenters. The van der Waals surface area contributed by atoms with Crippen molar-refractivity contribution in [2.45, 2.75) is 86.2 Å². The van der Waals surface area contributed by atoms with E-state index < -0.39 is 0 Å². The monoisotopic (exact) mass is 408 g/mol. The minimum atomic E-state index is -0.288. The summed E-state index contributed by atoms with van der Waals surface area (Å²) in [6.45, 7) is 14.0. The van der Waals surface area contributed by atoms with Crippen molar-refractivity contribution in [2.75, 3.05) is 0 Å². The Morgan fingerprint density at radius 3 is 2.57 bits per heavy atom. The third-order valence-electron chi connectivity index (χ3n) is 9.24. The number of rotatable bonds is 4. The molecule has 1 saturated carbocycles. The maximum atomic E-state index is 13.3. The Labute approximate surface area is 183 Å². The van der Waals surface area contributed by atoms with Crippen molar-refractivity contribution in [3.63, 3.8) is 0 Å². The molecule has 6 atom stereocenters. The lowest BCUT2D eigenvalue weighted by atomic mass is 9.54. The molecule has 0 spiro atoms. The molecule has 0 saturated heterocycles. The fourth-order valence-electron chi connectivity index (χ4n) is 6.64. The second-order valence-electron chi connectivity index (χ2n) is 11.3. The van der Waals surface area contributed by atoms with Gasteiger partial charge in [0.05, 0.1) is 6.10 Å². The Balaban J connectivity index is 1.64. The first-order valence-electron chi connectivity index (χ1n) is 12.1. The Morgan fingerprint density at radius 2 is 1.87 bits per heavy atom. The van der Waals surface area contributed by atoms with Gasteiger partial charge in [-0.2, -0.15) is 0 Å². The van der Waals surface area contributed by atoms with Gasteiger partial charge in [-0.05, 0) is 84.8 Å². The standard InChI is InChI=1S/C28H40O2/c1-17(2)18(3)7-8-19(4)22-9-10-23-26-24(12-14-28(22,23)6)27(5)13-11-21(29)15-20(27)16-25(26)30/h7-8,10,16-19,21-22,29H,9,11-15H2,1-6H3/t18-,19+,21-,22+,27-,28+/m0/s1. The van der Waals surface area contributed by atoms with Gasteiger partial charge in [0.15, 0.2) is 5.78 Å². The molecule has 0 radical (unpaired) electrons. The number of ketones is 1. The van der Waals surface area contributed by atoms with E-state index in [1.807, 2.05) is 6.08 Å². The number of allylic oxidation sites excluding steroid dienone is 7. The second kappa shape index (κ2) is 7.62. The predicted molar refractivity (Wildman–Crippen MR) is 124 cm³/mol. The lowest BCUT2D eigenvalue weighted by molar-refractivity contribution is -0.111. The normalized spacial score (nSPS) is 38.2. The topological polar surface area (TPSA) is 37.3 Å². The zero-order valence-electron chi connectivity index (χ0n) is 19.8. The van der Waals surface area contributed by atoms with Crippen molar-refractivity contribution in [3.05, 3.63) is 46.6 Å². The highest BCUT2D eigenvalue weighted by Crippen LogP contribution is 2.62. The number of aliphatic hydroxyl groups excluding tert-OH is 1. The molecule has 4 aliphatic carbocycles. The van der Waals surface area contributed by atoms with Crippen LogP contribution in [0.15, 0.2) is 46.6 Å². The van der Waals surface area contributed by atoms with Crippen molar-refractivity contribution in [1.82, 2.24) is 0 Å². The molecule has 2 heteroatoms. The van der Waals surface area contributed by atoms with E-state index in [-0.39, 0.29) is 22.7 Å². The number of fused-ring (bicyclic) bond motifs is 4. The lowest BCUT2D eigenvalue weighted by Gasteiger charge is -2.49. The van der Waals surface area contributed by atoms with E-state index in [0.29, 0.717) is 30.1 Å². The molecule has 0 aliphatic heterocycles. The van der Waals surface area contributed by atoms with Crippen LogP contribution in [0.5, 0.6) is 0 Å². The van der Waals surface area contributed by atoms with Crippen LogP contribution >= 0.6 is 0 Å². The highest BCUT2D eigenvalue weighted by atomic mass is 16.3. The molecule has 1 fully saturated rings. The van der Waals surface area contributed by atoms with Crippen LogP contribution in [0.1, 0.15) is 80.1 Å². The van der Waals surface area contributed by atoms with Crippen molar-refractivity contribution in [3.8, 4) is 0 Å². The first-order valence-corrected chi connectivity index (χ1v) is 12.1. The fourth-order valence-corrected chi connectivity index (χ4v) is 6.64. The van der Waals surface area contributed by atoms with Crippen LogP contribution in [-0.2, 0) is 4.79 Å². The lowest BCUT2D eigenvalue weighted by Crippen LogP contribution is -2.41.